The summed E-state index contributed by atoms with van der Waals surface area (Å²) in [6.07, 6.45) is 1.10. The largest absolute Gasteiger partial charge is 0.497 e. The molecule has 5 heteroatoms. The molecular weight excluding hydrogens is 258 g/mol. The lowest BCUT2D eigenvalue weighted by Gasteiger charge is -2.10. The van der Waals surface area contributed by atoms with Gasteiger partial charge in [0.05, 0.1) is 19.8 Å². The van der Waals surface area contributed by atoms with Crippen LogP contribution >= 0.6 is 0 Å². The molecule has 0 aromatic heterocycles. The van der Waals surface area contributed by atoms with Gasteiger partial charge in [0.25, 0.3) is 0 Å². The summed E-state index contributed by atoms with van der Waals surface area (Å²) >= 11 is 0. The van der Waals surface area contributed by atoms with Crippen molar-refractivity contribution in [3.8, 4) is 5.75 Å². The molecule has 0 saturated heterocycles. The number of carbonyl (C=O) groups is 1. The summed E-state index contributed by atoms with van der Waals surface area (Å²) in [5.74, 6) is 0.802. The zero-order valence-corrected chi connectivity index (χ0v) is 12.1. The summed E-state index contributed by atoms with van der Waals surface area (Å²) in [5.41, 5.74) is 1.10. The number of rotatable bonds is 9. The van der Waals surface area contributed by atoms with Gasteiger partial charge >= 0.3 is 0 Å². The fraction of sp³-hybridized carbons (Fsp3) is 0.533. The second-order valence-electron chi connectivity index (χ2n) is 4.60. The molecule has 5 nitrogen and oxygen atoms in total. The summed E-state index contributed by atoms with van der Waals surface area (Å²) in [7, 11) is 3.16. The summed E-state index contributed by atoms with van der Waals surface area (Å²) in [6.45, 7) is 0.758. The summed E-state index contributed by atoms with van der Waals surface area (Å²) in [4.78, 5) is 11.6. The Kier molecular flexibility index (Phi) is 7.69. The third-order valence-electron chi connectivity index (χ3n) is 2.96. The molecule has 0 spiro atoms. The number of aryl methyl sites for hydroxylation is 1. The molecule has 0 fully saturated rings. The number of benzene rings is 1. The minimum Gasteiger partial charge on any atom is -0.497 e. The van der Waals surface area contributed by atoms with Crippen molar-refractivity contribution in [2.24, 2.45) is 0 Å². The molecule has 0 aliphatic heterocycles. The van der Waals surface area contributed by atoms with Crippen molar-refractivity contribution in [1.82, 2.24) is 5.32 Å². The van der Waals surface area contributed by atoms with Crippen LogP contribution in [-0.2, 0) is 16.0 Å². The van der Waals surface area contributed by atoms with Crippen molar-refractivity contribution < 1.29 is 19.4 Å². The summed E-state index contributed by atoms with van der Waals surface area (Å²) in [6, 6.07) is 7.67. The monoisotopic (exact) mass is 281 g/mol. The van der Waals surface area contributed by atoms with E-state index in [1.165, 1.54) is 7.11 Å². The number of methoxy groups -OCH3 is 2. The van der Waals surface area contributed by atoms with Gasteiger partial charge in [0.15, 0.2) is 0 Å². The number of hydrogen-bond donors (Lipinski definition) is 2. The molecule has 1 aromatic rings. The minimum atomic E-state index is -0.526. The molecule has 0 bridgehead atoms. The fourth-order valence-electron chi connectivity index (χ4n) is 1.79. The summed E-state index contributed by atoms with van der Waals surface area (Å²) < 4.78 is 9.89. The Labute approximate surface area is 119 Å². The Hall–Kier alpha value is -1.59. The van der Waals surface area contributed by atoms with Crippen LogP contribution in [0.3, 0.4) is 0 Å². The first-order chi connectivity index (χ1) is 9.65. The maximum Gasteiger partial charge on any atom is 0.220 e. The Morgan fingerprint density at radius 3 is 2.60 bits per heavy atom. The average Bonchev–Trinajstić information content (AvgIpc) is 2.46. The number of carbonyl (C=O) groups excluding carboxylic acids is 1. The van der Waals surface area contributed by atoms with Crippen molar-refractivity contribution >= 4 is 5.91 Å². The Morgan fingerprint density at radius 1 is 1.30 bits per heavy atom. The van der Waals surface area contributed by atoms with Gasteiger partial charge in [-0.3, -0.25) is 4.79 Å². The van der Waals surface area contributed by atoms with Gasteiger partial charge in [-0.15, -0.1) is 0 Å². The second-order valence-corrected chi connectivity index (χ2v) is 4.60. The molecule has 0 aliphatic rings. The zero-order valence-electron chi connectivity index (χ0n) is 12.1. The number of hydrogen-bond acceptors (Lipinski definition) is 4. The van der Waals surface area contributed by atoms with Crippen LogP contribution in [0.2, 0.25) is 0 Å². The number of amides is 1. The Balaban J connectivity index is 2.19. The van der Waals surface area contributed by atoms with Gasteiger partial charge in [-0.05, 0) is 30.5 Å². The molecule has 1 rings (SSSR count). The van der Waals surface area contributed by atoms with Crippen molar-refractivity contribution in [1.29, 1.82) is 0 Å². The van der Waals surface area contributed by atoms with E-state index in [-0.39, 0.29) is 5.91 Å². The molecule has 0 heterocycles. The quantitative estimate of drug-likeness (QED) is 0.712. The summed E-state index contributed by atoms with van der Waals surface area (Å²) in [5, 5.41) is 12.2. The lowest BCUT2D eigenvalue weighted by atomic mass is 10.1. The van der Waals surface area contributed by atoms with E-state index in [0.717, 1.165) is 11.3 Å². The Bertz CT molecular complexity index is 391. The molecule has 2 N–H and O–H groups in total. The van der Waals surface area contributed by atoms with Gasteiger partial charge in [0.1, 0.15) is 5.75 Å². The smallest absolute Gasteiger partial charge is 0.220 e. The van der Waals surface area contributed by atoms with Crippen LogP contribution in [0.15, 0.2) is 24.3 Å². The number of aliphatic hydroxyl groups excluding tert-OH is 1. The topological polar surface area (TPSA) is 67.8 Å². The molecule has 0 radical (unpaired) electrons. The highest BCUT2D eigenvalue weighted by Gasteiger charge is 2.05. The molecule has 1 atom stereocenters. The fourth-order valence-corrected chi connectivity index (χ4v) is 1.79. The third-order valence-corrected chi connectivity index (χ3v) is 2.96. The van der Waals surface area contributed by atoms with Crippen LogP contribution in [0.5, 0.6) is 5.75 Å². The highest BCUT2D eigenvalue weighted by atomic mass is 16.5. The molecule has 112 valence electrons. The van der Waals surface area contributed by atoms with Crippen LogP contribution in [0, 0.1) is 0 Å². The predicted octanol–water partition coefficient (Wildman–Crippen LogP) is 1.14. The van der Waals surface area contributed by atoms with Gasteiger partial charge in [-0.1, -0.05) is 12.1 Å². The molecule has 0 aliphatic carbocycles. The van der Waals surface area contributed by atoms with Crippen LogP contribution < -0.4 is 10.1 Å². The molecule has 20 heavy (non-hydrogen) atoms. The standard InChI is InChI=1S/C15H23NO4/c1-19-11-13(17)9-10-16-15(18)8-5-12-3-6-14(20-2)7-4-12/h3-4,6-7,13,17H,5,8-11H2,1-2H3,(H,16,18). The zero-order chi connectivity index (χ0) is 14.8. The number of ether oxygens (including phenoxy) is 2. The van der Waals surface area contributed by atoms with Gasteiger partial charge in [-0.25, -0.2) is 0 Å². The first-order valence-electron chi connectivity index (χ1n) is 6.72. The molecule has 1 aromatic carbocycles. The Morgan fingerprint density at radius 2 is 2.00 bits per heavy atom. The first kappa shape index (κ1) is 16.5. The average molecular weight is 281 g/mol. The van der Waals surface area contributed by atoms with E-state index >= 15 is 0 Å². The lowest BCUT2D eigenvalue weighted by molar-refractivity contribution is -0.121. The van der Waals surface area contributed by atoms with E-state index in [1.807, 2.05) is 24.3 Å². The van der Waals surface area contributed by atoms with Crippen LogP contribution in [0.25, 0.3) is 0 Å². The number of aliphatic hydroxyl groups is 1. The van der Waals surface area contributed by atoms with E-state index in [1.54, 1.807) is 7.11 Å². The molecule has 0 saturated carbocycles. The lowest BCUT2D eigenvalue weighted by Crippen LogP contribution is -2.28. The maximum absolute atomic E-state index is 11.6. The molecular formula is C15H23NO4. The van der Waals surface area contributed by atoms with Gasteiger partial charge in [0, 0.05) is 20.1 Å². The third kappa shape index (κ3) is 6.54. The first-order valence-corrected chi connectivity index (χ1v) is 6.72. The number of nitrogens with one attached hydrogen (secondary N) is 1. The molecule has 1 amide bonds. The van der Waals surface area contributed by atoms with E-state index in [4.69, 9.17) is 9.47 Å². The van der Waals surface area contributed by atoms with Crippen molar-refractivity contribution in [2.75, 3.05) is 27.4 Å². The van der Waals surface area contributed by atoms with Crippen molar-refractivity contribution in [3.63, 3.8) is 0 Å². The van der Waals surface area contributed by atoms with Gasteiger partial charge in [-0.2, -0.15) is 0 Å². The van der Waals surface area contributed by atoms with Crippen LogP contribution in [0.1, 0.15) is 18.4 Å². The van der Waals surface area contributed by atoms with Gasteiger partial charge in [0.2, 0.25) is 5.91 Å². The normalized spacial score (nSPS) is 11.9. The minimum absolute atomic E-state index is 0.00886. The van der Waals surface area contributed by atoms with Gasteiger partial charge < -0.3 is 19.9 Å². The van der Waals surface area contributed by atoms with Crippen molar-refractivity contribution in [2.45, 2.75) is 25.4 Å². The highest BCUT2D eigenvalue weighted by Crippen LogP contribution is 2.12. The maximum atomic E-state index is 11.6. The van der Waals surface area contributed by atoms with E-state index in [9.17, 15) is 9.90 Å². The van der Waals surface area contributed by atoms with Crippen LogP contribution in [0.4, 0.5) is 0 Å². The second kappa shape index (κ2) is 9.34. The van der Waals surface area contributed by atoms with E-state index in [2.05, 4.69) is 5.32 Å². The van der Waals surface area contributed by atoms with Crippen LogP contribution in [-0.4, -0.2) is 44.5 Å². The van der Waals surface area contributed by atoms with Crippen molar-refractivity contribution in [3.05, 3.63) is 29.8 Å². The van der Waals surface area contributed by atoms with E-state index in [0.29, 0.717) is 32.4 Å². The SMILES string of the molecule is COCC(O)CCNC(=O)CCc1ccc(OC)cc1. The highest BCUT2D eigenvalue weighted by molar-refractivity contribution is 5.76. The molecule has 1 unspecified atom stereocenters. The predicted molar refractivity (Wildman–Crippen MR) is 76.8 cm³/mol. The van der Waals surface area contributed by atoms with E-state index < -0.39 is 6.10 Å².